The second-order valence-corrected chi connectivity index (χ2v) is 20.6. The summed E-state index contributed by atoms with van der Waals surface area (Å²) in [5.74, 6) is -4.47. The minimum atomic E-state index is -2.05. The third kappa shape index (κ3) is 6.25. The molecule has 7 rings (SSSR count). The molecule has 0 aromatic heterocycles. The number of carbonyl (C=O) groups excluding carboxylic acids is 1. The van der Waals surface area contributed by atoms with E-state index in [0.717, 1.165) is 37.7 Å². The predicted octanol–water partition coefficient (Wildman–Crippen LogP) is 2.25. The number of carboxylic acid groups (broad SMARTS) is 3. The maximum Gasteiger partial charge on any atom is 0.335 e. The molecule has 0 amide bonds. The third-order valence-corrected chi connectivity index (χ3v) is 17.2. The van der Waals surface area contributed by atoms with Crippen LogP contribution in [-0.2, 0) is 38.1 Å². The van der Waals surface area contributed by atoms with Gasteiger partial charge < -0.3 is 59.8 Å². The number of hydrogen-bond donors (Lipinski definition) is 8. The zero-order valence-electron chi connectivity index (χ0n) is 34.4. The van der Waals surface area contributed by atoms with Crippen molar-refractivity contribution in [1.29, 1.82) is 0 Å². The first-order valence-corrected chi connectivity index (χ1v) is 20.7. The van der Waals surface area contributed by atoms with Gasteiger partial charge in [-0.15, -0.1) is 0 Å². The molecule has 0 spiro atoms. The third-order valence-electron chi connectivity index (χ3n) is 17.2. The van der Waals surface area contributed by atoms with E-state index in [1.54, 1.807) is 0 Å². The standard InChI is InChI=1S/C42H62O16/c1-37(2)21-8-11-42(7)31(20(43)16-18-19-17-39(4,36(53)54)13-12-38(19,3)14-15-41(18,42)6)40(21,5)10-9-22(37)55-35-30(26(47)25(46)29(57-35)33(51)52)58-34-27(48)23(44)24(45)28(56-34)32(49)50/h16,19,21-31,34-35,44-48H,8-15,17H2,1-7H3,(H,49,50)(H,51,52)(H,53,54)/t19-,21-,22-,23-,24-,25-,26-,27-,28+,29-,30-,31+,34-,35-,38+,39-,40-,41+,42+/m0/s1. The predicted molar refractivity (Wildman–Crippen MR) is 199 cm³/mol. The van der Waals surface area contributed by atoms with Crippen molar-refractivity contribution in [2.45, 2.75) is 174 Å². The van der Waals surface area contributed by atoms with E-state index in [2.05, 4.69) is 27.7 Å². The average Bonchev–Trinajstić information content (AvgIpc) is 3.13. The van der Waals surface area contributed by atoms with Gasteiger partial charge >= 0.3 is 17.9 Å². The lowest BCUT2D eigenvalue weighted by atomic mass is 9.33. The number of aliphatic carboxylic acids is 3. The lowest BCUT2D eigenvalue weighted by Gasteiger charge is -2.70. The van der Waals surface area contributed by atoms with E-state index in [0.29, 0.717) is 25.7 Å². The highest BCUT2D eigenvalue weighted by molar-refractivity contribution is 5.95. The van der Waals surface area contributed by atoms with Crippen LogP contribution in [0.3, 0.4) is 0 Å². The Bertz CT molecular complexity index is 1730. The molecule has 2 heterocycles. The van der Waals surface area contributed by atoms with Crippen LogP contribution in [0.2, 0.25) is 0 Å². The molecule has 7 aliphatic rings. The Morgan fingerprint density at radius 2 is 1.28 bits per heavy atom. The number of carbonyl (C=O) groups is 4. The SMILES string of the molecule is CC1(C)[C@@H](O[C@H]2O[C@H](C(=O)O)[C@@H](O)[C@H](O)[C@@H]2O[C@@H]2O[C@@H](C(=O)O)[C@@H](O)[C@H](O)[C@@H]2O)CC[C@]2(C)[C@H]3C(=O)C=C4[C@@H]5C[C@@](C)(C(=O)O)CC[C@]5(C)CC[C@@]4(C)[C@]3(C)CC[C@@H]12. The number of aliphatic hydroxyl groups excluding tert-OH is 5. The van der Waals surface area contributed by atoms with Crippen LogP contribution in [-0.4, -0.2) is 132 Å². The summed E-state index contributed by atoms with van der Waals surface area (Å²) in [5.41, 5.74) is -1.81. The van der Waals surface area contributed by atoms with Crippen molar-refractivity contribution >= 4 is 23.7 Å². The lowest BCUT2D eigenvalue weighted by Crippen LogP contribution is -2.68. The molecule has 16 nitrogen and oxygen atoms in total. The molecule has 6 fully saturated rings. The Morgan fingerprint density at radius 1 is 0.690 bits per heavy atom. The molecule has 19 atom stereocenters. The second-order valence-electron chi connectivity index (χ2n) is 20.6. The molecule has 5 aliphatic carbocycles. The molecule has 4 saturated carbocycles. The van der Waals surface area contributed by atoms with Crippen LogP contribution in [0.25, 0.3) is 0 Å². The van der Waals surface area contributed by atoms with Gasteiger partial charge in [0.1, 0.15) is 36.6 Å². The Labute approximate surface area is 337 Å². The highest BCUT2D eigenvalue weighted by Gasteiger charge is 2.71. The van der Waals surface area contributed by atoms with Gasteiger partial charge in [0.2, 0.25) is 0 Å². The van der Waals surface area contributed by atoms with Crippen molar-refractivity contribution in [3.8, 4) is 0 Å². The minimum Gasteiger partial charge on any atom is -0.481 e. The van der Waals surface area contributed by atoms with Crippen LogP contribution in [0, 0.1) is 50.2 Å². The number of allylic oxidation sites excluding steroid dienone is 2. The zero-order valence-corrected chi connectivity index (χ0v) is 34.4. The van der Waals surface area contributed by atoms with Crippen molar-refractivity contribution < 1.29 is 79.0 Å². The summed E-state index contributed by atoms with van der Waals surface area (Å²) in [6.45, 7) is 14.8. The molecule has 0 aromatic carbocycles. The van der Waals surface area contributed by atoms with E-state index in [1.807, 2.05) is 26.8 Å². The van der Waals surface area contributed by atoms with E-state index in [4.69, 9.17) is 18.9 Å². The molecule has 0 unspecified atom stereocenters. The van der Waals surface area contributed by atoms with Crippen LogP contribution in [0.5, 0.6) is 0 Å². The molecular weight excluding hydrogens is 760 g/mol. The molecule has 0 radical (unpaired) electrons. The van der Waals surface area contributed by atoms with Gasteiger partial charge in [0.05, 0.1) is 11.5 Å². The number of rotatable bonds is 7. The van der Waals surface area contributed by atoms with Gasteiger partial charge in [-0.05, 0) is 110 Å². The monoisotopic (exact) mass is 822 g/mol. The quantitative estimate of drug-likeness (QED) is 0.171. The Hall–Kier alpha value is -2.54. The fourth-order valence-electron chi connectivity index (χ4n) is 13.4. The molecule has 2 aliphatic heterocycles. The number of hydrogen-bond acceptors (Lipinski definition) is 13. The highest BCUT2D eigenvalue weighted by atomic mass is 16.8. The van der Waals surface area contributed by atoms with Gasteiger partial charge in [-0.2, -0.15) is 0 Å². The maximum absolute atomic E-state index is 14.8. The average molecular weight is 823 g/mol. The first-order valence-electron chi connectivity index (χ1n) is 20.7. The van der Waals surface area contributed by atoms with Gasteiger partial charge in [-0.3, -0.25) is 9.59 Å². The molecule has 0 aromatic rings. The van der Waals surface area contributed by atoms with Crippen LogP contribution in [0.15, 0.2) is 11.6 Å². The van der Waals surface area contributed by atoms with Crippen LogP contribution >= 0.6 is 0 Å². The summed E-state index contributed by atoms with van der Waals surface area (Å²) in [6, 6.07) is 0. The van der Waals surface area contributed by atoms with Crippen LogP contribution in [0.4, 0.5) is 0 Å². The number of fused-ring (bicyclic) bond motifs is 7. The Balaban J connectivity index is 1.17. The normalized spacial score (nSPS) is 52.6. The topological polar surface area (TPSA) is 267 Å². The zero-order chi connectivity index (χ0) is 42.9. The largest absolute Gasteiger partial charge is 0.481 e. The summed E-state index contributed by atoms with van der Waals surface area (Å²) in [4.78, 5) is 51.3. The van der Waals surface area contributed by atoms with Crippen LogP contribution < -0.4 is 0 Å². The first kappa shape index (κ1) is 43.5. The van der Waals surface area contributed by atoms with Crippen molar-refractivity contribution in [3.05, 3.63) is 11.6 Å². The van der Waals surface area contributed by atoms with Gasteiger partial charge in [-0.1, -0.05) is 47.1 Å². The van der Waals surface area contributed by atoms with Crippen LogP contribution in [0.1, 0.15) is 106 Å². The number of carboxylic acids is 3. The van der Waals surface area contributed by atoms with Gasteiger partial charge in [0.15, 0.2) is 30.6 Å². The Kier molecular flexibility index (Phi) is 10.7. The summed E-state index contributed by atoms with van der Waals surface area (Å²) in [7, 11) is 0. The van der Waals surface area contributed by atoms with E-state index in [9.17, 15) is 60.0 Å². The van der Waals surface area contributed by atoms with Crippen molar-refractivity contribution in [2.75, 3.05) is 0 Å². The molecule has 0 bridgehead atoms. The maximum atomic E-state index is 14.8. The first-order chi connectivity index (χ1) is 26.8. The molecular formula is C42H62O16. The summed E-state index contributed by atoms with van der Waals surface area (Å²) in [6.07, 6.45) is -12.2. The van der Waals surface area contributed by atoms with Gasteiger partial charge in [-0.25, -0.2) is 9.59 Å². The fraction of sp³-hybridized carbons (Fsp3) is 0.857. The van der Waals surface area contributed by atoms with E-state index < -0.39 is 107 Å². The van der Waals surface area contributed by atoms with Gasteiger partial charge in [0.25, 0.3) is 0 Å². The molecule has 16 heteroatoms. The smallest absolute Gasteiger partial charge is 0.335 e. The number of aliphatic hydroxyl groups is 5. The fourth-order valence-corrected chi connectivity index (χ4v) is 13.4. The Morgan fingerprint density at radius 3 is 1.88 bits per heavy atom. The van der Waals surface area contributed by atoms with Gasteiger partial charge in [0, 0.05) is 5.92 Å². The number of ketones is 1. The summed E-state index contributed by atoms with van der Waals surface area (Å²) < 4.78 is 23.4. The summed E-state index contributed by atoms with van der Waals surface area (Å²) >= 11 is 0. The highest BCUT2D eigenvalue weighted by Crippen LogP contribution is 2.75. The van der Waals surface area contributed by atoms with E-state index >= 15 is 0 Å². The molecule has 2 saturated heterocycles. The van der Waals surface area contributed by atoms with Crippen molar-refractivity contribution in [1.82, 2.24) is 0 Å². The van der Waals surface area contributed by atoms with E-state index in [1.165, 1.54) is 0 Å². The second kappa shape index (κ2) is 14.3. The summed E-state index contributed by atoms with van der Waals surface area (Å²) in [5, 5.41) is 83.0. The molecule has 326 valence electrons. The molecule has 8 N–H and O–H groups in total. The van der Waals surface area contributed by atoms with Crippen molar-refractivity contribution in [2.24, 2.45) is 50.2 Å². The van der Waals surface area contributed by atoms with E-state index in [-0.39, 0.29) is 34.4 Å². The number of ether oxygens (including phenoxy) is 4. The van der Waals surface area contributed by atoms with Crippen molar-refractivity contribution in [3.63, 3.8) is 0 Å². The minimum absolute atomic E-state index is 0.0217. The lowest BCUT2D eigenvalue weighted by molar-refractivity contribution is -0.371. The molecule has 58 heavy (non-hydrogen) atoms.